The summed E-state index contributed by atoms with van der Waals surface area (Å²) in [5, 5.41) is 3.47. The van der Waals surface area contributed by atoms with Crippen LogP contribution in [0.5, 0.6) is 0 Å². The molecule has 0 aromatic heterocycles. The molecule has 23 heavy (non-hydrogen) atoms. The maximum Gasteiger partial charge on any atom is 0.0412 e. The van der Waals surface area contributed by atoms with Gasteiger partial charge in [0.2, 0.25) is 0 Å². The zero-order valence-corrected chi connectivity index (χ0v) is 14.5. The molecule has 0 spiro atoms. The maximum atomic E-state index is 4.42. The van der Waals surface area contributed by atoms with Gasteiger partial charge < -0.3 is 10.2 Å². The van der Waals surface area contributed by atoms with Gasteiger partial charge in [-0.15, -0.1) is 0 Å². The van der Waals surface area contributed by atoms with Gasteiger partial charge >= 0.3 is 0 Å². The van der Waals surface area contributed by atoms with E-state index in [1.807, 2.05) is 0 Å². The smallest absolute Gasteiger partial charge is 0.0412 e. The van der Waals surface area contributed by atoms with Crippen LogP contribution in [0.2, 0.25) is 0 Å². The largest absolute Gasteiger partial charge is 0.370 e. The van der Waals surface area contributed by atoms with Gasteiger partial charge in [-0.05, 0) is 43.8 Å². The van der Waals surface area contributed by atoms with Crippen molar-refractivity contribution in [1.29, 1.82) is 0 Å². The molecule has 3 rings (SSSR count). The van der Waals surface area contributed by atoms with Gasteiger partial charge in [-0.3, -0.25) is 4.90 Å². The molecule has 0 saturated carbocycles. The van der Waals surface area contributed by atoms with E-state index in [0.29, 0.717) is 6.04 Å². The van der Waals surface area contributed by atoms with Crippen LogP contribution in [0.15, 0.2) is 42.6 Å². The number of hydrogen-bond acceptors (Lipinski definition) is 3. The van der Waals surface area contributed by atoms with Crippen molar-refractivity contribution in [2.45, 2.75) is 38.8 Å². The molecule has 0 aliphatic carbocycles. The minimum Gasteiger partial charge on any atom is -0.370 e. The Morgan fingerprint density at radius 1 is 1.17 bits per heavy atom. The van der Waals surface area contributed by atoms with Gasteiger partial charge in [0.15, 0.2) is 0 Å². The van der Waals surface area contributed by atoms with Gasteiger partial charge in [-0.25, -0.2) is 0 Å². The molecule has 1 unspecified atom stereocenters. The van der Waals surface area contributed by atoms with Gasteiger partial charge in [-0.1, -0.05) is 43.8 Å². The molecule has 2 fully saturated rings. The zero-order chi connectivity index (χ0) is 16.1. The predicted octanol–water partition coefficient (Wildman–Crippen LogP) is 3.10. The van der Waals surface area contributed by atoms with Crippen LogP contribution in [-0.4, -0.2) is 48.6 Å². The van der Waals surface area contributed by atoms with E-state index >= 15 is 0 Å². The second-order valence-electron chi connectivity index (χ2n) is 7.13. The summed E-state index contributed by atoms with van der Waals surface area (Å²) in [6.45, 7) is 13.5. The molecule has 0 amide bonds. The normalized spacial score (nSPS) is 24.1. The average molecular weight is 313 g/mol. The number of rotatable bonds is 5. The average Bonchev–Trinajstić information content (AvgIpc) is 2.59. The Balaban J connectivity index is 1.60. The number of piperidine rings is 1. The summed E-state index contributed by atoms with van der Waals surface area (Å²) in [4.78, 5) is 5.18. The SMILES string of the molecule is C=C1CN(Cc2ccccc2)CC(CC)N1CC1CCNCC1. The quantitative estimate of drug-likeness (QED) is 0.901. The van der Waals surface area contributed by atoms with Crippen LogP contribution >= 0.6 is 0 Å². The molecular weight excluding hydrogens is 282 g/mol. The lowest BCUT2D eigenvalue weighted by atomic mass is 9.95. The summed E-state index contributed by atoms with van der Waals surface area (Å²) in [5.74, 6) is 0.836. The van der Waals surface area contributed by atoms with Crippen LogP contribution in [0.3, 0.4) is 0 Å². The van der Waals surface area contributed by atoms with Gasteiger partial charge in [-0.2, -0.15) is 0 Å². The van der Waals surface area contributed by atoms with Gasteiger partial charge in [0, 0.05) is 37.9 Å². The monoisotopic (exact) mass is 313 g/mol. The number of piperazine rings is 1. The molecule has 3 heteroatoms. The van der Waals surface area contributed by atoms with Crippen molar-refractivity contribution in [2.24, 2.45) is 5.92 Å². The van der Waals surface area contributed by atoms with Crippen molar-refractivity contribution >= 4 is 0 Å². The van der Waals surface area contributed by atoms with Crippen molar-refractivity contribution in [3.63, 3.8) is 0 Å². The Morgan fingerprint density at radius 3 is 2.61 bits per heavy atom. The van der Waals surface area contributed by atoms with E-state index in [0.717, 1.165) is 25.6 Å². The van der Waals surface area contributed by atoms with E-state index in [1.165, 1.54) is 50.2 Å². The lowest BCUT2D eigenvalue weighted by molar-refractivity contribution is 0.0904. The lowest BCUT2D eigenvalue weighted by Crippen LogP contribution is -2.52. The molecule has 3 nitrogen and oxygen atoms in total. The number of hydrogen-bond donors (Lipinski definition) is 1. The second kappa shape index (κ2) is 7.98. The summed E-state index contributed by atoms with van der Waals surface area (Å²) in [7, 11) is 0. The Bertz CT molecular complexity index is 493. The van der Waals surface area contributed by atoms with E-state index < -0.39 is 0 Å². The third-order valence-corrected chi connectivity index (χ3v) is 5.36. The highest BCUT2D eigenvalue weighted by atomic mass is 15.3. The second-order valence-corrected chi connectivity index (χ2v) is 7.13. The minimum atomic E-state index is 0.620. The molecule has 2 heterocycles. The fourth-order valence-corrected chi connectivity index (χ4v) is 4.00. The van der Waals surface area contributed by atoms with Crippen molar-refractivity contribution in [3.05, 3.63) is 48.2 Å². The zero-order valence-electron chi connectivity index (χ0n) is 14.5. The molecule has 2 aliphatic heterocycles. The molecule has 126 valence electrons. The summed E-state index contributed by atoms with van der Waals surface area (Å²) in [5.41, 5.74) is 2.72. The van der Waals surface area contributed by atoms with Gasteiger partial charge in [0.1, 0.15) is 0 Å². The standard InChI is InChI=1S/C20H31N3/c1-3-20-16-22(14-18-7-5-4-6-8-18)13-17(2)23(20)15-19-9-11-21-12-10-19/h4-8,19-21H,2-3,9-16H2,1H3. The van der Waals surface area contributed by atoms with Crippen molar-refractivity contribution in [2.75, 3.05) is 32.7 Å². The molecular formula is C20H31N3. The van der Waals surface area contributed by atoms with E-state index in [9.17, 15) is 0 Å². The molecule has 2 saturated heterocycles. The third kappa shape index (κ3) is 4.36. The van der Waals surface area contributed by atoms with Crippen LogP contribution < -0.4 is 5.32 Å². The van der Waals surface area contributed by atoms with Gasteiger partial charge in [0.25, 0.3) is 0 Å². The summed E-state index contributed by atoms with van der Waals surface area (Å²) in [6.07, 6.45) is 3.83. The van der Waals surface area contributed by atoms with Gasteiger partial charge in [0.05, 0.1) is 0 Å². The highest BCUT2D eigenvalue weighted by Gasteiger charge is 2.29. The van der Waals surface area contributed by atoms with Crippen LogP contribution in [0, 0.1) is 5.92 Å². The predicted molar refractivity (Wildman–Crippen MR) is 97.2 cm³/mol. The van der Waals surface area contributed by atoms with E-state index in [4.69, 9.17) is 0 Å². The van der Waals surface area contributed by atoms with Crippen molar-refractivity contribution in [1.82, 2.24) is 15.1 Å². The Morgan fingerprint density at radius 2 is 1.91 bits per heavy atom. The molecule has 1 atom stereocenters. The van der Waals surface area contributed by atoms with E-state index in [2.05, 4.69) is 59.0 Å². The molecule has 0 radical (unpaired) electrons. The molecule has 1 N–H and O–H groups in total. The first kappa shape index (κ1) is 16.5. The van der Waals surface area contributed by atoms with Crippen LogP contribution in [0.25, 0.3) is 0 Å². The minimum absolute atomic E-state index is 0.620. The summed E-state index contributed by atoms with van der Waals surface area (Å²) < 4.78 is 0. The molecule has 0 bridgehead atoms. The highest BCUT2D eigenvalue weighted by Crippen LogP contribution is 2.25. The molecule has 1 aromatic rings. The van der Waals surface area contributed by atoms with E-state index in [-0.39, 0.29) is 0 Å². The third-order valence-electron chi connectivity index (χ3n) is 5.36. The number of nitrogens with zero attached hydrogens (tertiary/aromatic N) is 2. The number of benzene rings is 1. The first-order valence-electron chi connectivity index (χ1n) is 9.17. The van der Waals surface area contributed by atoms with Crippen LogP contribution in [0.4, 0.5) is 0 Å². The molecule has 2 aliphatic rings. The number of nitrogens with one attached hydrogen (secondary N) is 1. The maximum absolute atomic E-state index is 4.42. The van der Waals surface area contributed by atoms with Crippen molar-refractivity contribution < 1.29 is 0 Å². The first-order valence-corrected chi connectivity index (χ1v) is 9.17. The Labute approximate surface area is 141 Å². The Kier molecular flexibility index (Phi) is 5.74. The first-order chi connectivity index (χ1) is 11.3. The fourth-order valence-electron chi connectivity index (χ4n) is 4.00. The van der Waals surface area contributed by atoms with Crippen LogP contribution in [0.1, 0.15) is 31.7 Å². The fraction of sp³-hybridized carbons (Fsp3) is 0.600. The lowest BCUT2D eigenvalue weighted by Gasteiger charge is -2.45. The Hall–Kier alpha value is -1.32. The van der Waals surface area contributed by atoms with E-state index in [1.54, 1.807) is 0 Å². The topological polar surface area (TPSA) is 18.5 Å². The van der Waals surface area contributed by atoms with Crippen molar-refractivity contribution in [3.8, 4) is 0 Å². The highest BCUT2D eigenvalue weighted by molar-refractivity contribution is 5.15. The summed E-state index contributed by atoms with van der Waals surface area (Å²) in [6, 6.07) is 11.4. The van der Waals surface area contributed by atoms with Crippen LogP contribution in [-0.2, 0) is 6.54 Å². The molecule has 1 aromatic carbocycles. The summed E-state index contributed by atoms with van der Waals surface area (Å²) >= 11 is 0.